The number of amidine groups is 1. The van der Waals surface area contributed by atoms with E-state index in [9.17, 15) is 0 Å². The van der Waals surface area contributed by atoms with Gasteiger partial charge in [0.1, 0.15) is 0 Å². The Morgan fingerprint density at radius 1 is 1.62 bits per heavy atom. The van der Waals surface area contributed by atoms with Crippen LogP contribution in [-0.2, 0) is 0 Å². The van der Waals surface area contributed by atoms with Crippen LogP contribution in [0.15, 0.2) is 23.2 Å². The number of rotatable bonds is 2. The summed E-state index contributed by atoms with van der Waals surface area (Å²) in [6, 6.07) is 6.30. The summed E-state index contributed by atoms with van der Waals surface area (Å²) in [7, 11) is 0. The molecule has 1 aliphatic rings. The Balaban J connectivity index is 2.10. The minimum atomic E-state index is 0.470. The third-order valence-electron chi connectivity index (χ3n) is 2.36. The maximum atomic E-state index is 5.91. The number of hydrogen-bond acceptors (Lipinski definition) is 3. The van der Waals surface area contributed by atoms with Crippen LogP contribution in [0.3, 0.4) is 0 Å². The Bertz CT molecular complexity index is 422. The van der Waals surface area contributed by atoms with Crippen molar-refractivity contribution in [3.63, 3.8) is 0 Å². The second-order valence-corrected chi connectivity index (χ2v) is 6.16. The van der Waals surface area contributed by atoms with Gasteiger partial charge >= 0.3 is 0 Å². The first kappa shape index (κ1) is 12.5. The summed E-state index contributed by atoms with van der Waals surface area (Å²) < 4.78 is 1.12. The lowest BCUT2D eigenvalue weighted by molar-refractivity contribution is 0.738. The minimum Gasteiger partial charge on any atom is -0.334 e. The normalized spacial score (nSPS) is 19.7. The largest absolute Gasteiger partial charge is 0.334 e. The van der Waals surface area contributed by atoms with Gasteiger partial charge in [-0.1, -0.05) is 30.3 Å². The number of nitrogens with zero attached hydrogens (tertiary/aromatic N) is 1. The molecule has 1 unspecified atom stereocenters. The zero-order valence-electron chi connectivity index (χ0n) is 8.84. The highest BCUT2D eigenvalue weighted by Crippen LogP contribution is 2.26. The molecule has 0 saturated heterocycles. The molecule has 0 bridgehead atoms. The van der Waals surface area contributed by atoms with E-state index in [1.165, 1.54) is 0 Å². The Kier molecular flexibility index (Phi) is 4.38. The molecule has 1 aromatic rings. The van der Waals surface area contributed by atoms with Crippen molar-refractivity contribution in [3.8, 4) is 0 Å². The number of halogens is 2. The molecule has 1 heterocycles. The SMILES string of the molecule is CCC1CSC(Nc2ccc(Cl)cc2I)=N1. The highest BCUT2D eigenvalue weighted by Gasteiger charge is 2.16. The van der Waals surface area contributed by atoms with Gasteiger partial charge in [0.05, 0.1) is 11.7 Å². The summed E-state index contributed by atoms with van der Waals surface area (Å²) in [5.41, 5.74) is 1.08. The fourth-order valence-electron chi connectivity index (χ4n) is 1.40. The molecule has 1 aliphatic heterocycles. The maximum absolute atomic E-state index is 5.91. The molecular weight excluding hydrogens is 355 g/mol. The molecule has 0 aromatic heterocycles. The molecule has 1 aromatic carbocycles. The van der Waals surface area contributed by atoms with Crippen molar-refractivity contribution in [3.05, 3.63) is 26.8 Å². The lowest BCUT2D eigenvalue weighted by Gasteiger charge is -2.07. The van der Waals surface area contributed by atoms with E-state index in [1.807, 2.05) is 18.2 Å². The van der Waals surface area contributed by atoms with Crippen molar-refractivity contribution >= 4 is 56.8 Å². The molecule has 1 atom stereocenters. The van der Waals surface area contributed by atoms with Crippen LogP contribution in [0.25, 0.3) is 0 Å². The van der Waals surface area contributed by atoms with Crippen LogP contribution in [0.5, 0.6) is 0 Å². The number of benzene rings is 1. The van der Waals surface area contributed by atoms with Crippen LogP contribution in [0.1, 0.15) is 13.3 Å². The van der Waals surface area contributed by atoms with Gasteiger partial charge in [-0.2, -0.15) is 0 Å². The zero-order valence-corrected chi connectivity index (χ0v) is 12.6. The van der Waals surface area contributed by atoms with Crippen LogP contribution in [0.4, 0.5) is 5.69 Å². The smallest absolute Gasteiger partial charge is 0.161 e. The Hall–Kier alpha value is 0.0600. The molecule has 0 saturated carbocycles. The first-order valence-electron chi connectivity index (χ1n) is 5.11. The van der Waals surface area contributed by atoms with Gasteiger partial charge in [0, 0.05) is 14.3 Å². The van der Waals surface area contributed by atoms with Gasteiger partial charge in [0.2, 0.25) is 0 Å². The molecule has 86 valence electrons. The summed E-state index contributed by atoms with van der Waals surface area (Å²) in [6.45, 7) is 2.17. The summed E-state index contributed by atoms with van der Waals surface area (Å²) in [5.74, 6) is 1.09. The van der Waals surface area contributed by atoms with E-state index in [-0.39, 0.29) is 0 Å². The van der Waals surface area contributed by atoms with Crippen molar-refractivity contribution in [2.45, 2.75) is 19.4 Å². The summed E-state index contributed by atoms with van der Waals surface area (Å²) in [6.07, 6.45) is 1.11. The number of anilines is 1. The number of aliphatic imine (C=N–C) groups is 1. The molecule has 5 heteroatoms. The molecule has 1 N–H and O–H groups in total. The maximum Gasteiger partial charge on any atom is 0.161 e. The predicted molar refractivity (Wildman–Crippen MR) is 81.8 cm³/mol. The van der Waals surface area contributed by atoms with Gasteiger partial charge in [-0.3, -0.25) is 4.99 Å². The highest BCUT2D eigenvalue weighted by atomic mass is 127. The van der Waals surface area contributed by atoms with E-state index in [0.717, 1.165) is 31.6 Å². The summed E-state index contributed by atoms with van der Waals surface area (Å²) in [4.78, 5) is 4.60. The second-order valence-electron chi connectivity index (χ2n) is 3.56. The predicted octanol–water partition coefficient (Wildman–Crippen LogP) is 4.24. The molecule has 0 fully saturated rings. The van der Waals surface area contributed by atoms with Crippen molar-refractivity contribution in [1.29, 1.82) is 0 Å². The Labute approximate surface area is 118 Å². The van der Waals surface area contributed by atoms with Gasteiger partial charge in [-0.25, -0.2) is 0 Å². The Morgan fingerprint density at radius 2 is 2.44 bits per heavy atom. The van der Waals surface area contributed by atoms with E-state index in [4.69, 9.17) is 11.6 Å². The van der Waals surface area contributed by atoms with Crippen molar-refractivity contribution in [2.24, 2.45) is 4.99 Å². The number of hydrogen-bond donors (Lipinski definition) is 1. The topological polar surface area (TPSA) is 24.4 Å². The molecule has 0 amide bonds. The number of thioether (sulfide) groups is 1. The molecule has 2 nitrogen and oxygen atoms in total. The van der Waals surface area contributed by atoms with E-state index in [2.05, 4.69) is 39.8 Å². The second kappa shape index (κ2) is 5.60. The van der Waals surface area contributed by atoms with Gasteiger partial charge in [0.25, 0.3) is 0 Å². The van der Waals surface area contributed by atoms with Crippen LogP contribution in [0, 0.1) is 3.57 Å². The highest BCUT2D eigenvalue weighted by molar-refractivity contribution is 14.1. The first-order chi connectivity index (χ1) is 7.69. The lowest BCUT2D eigenvalue weighted by Crippen LogP contribution is -2.06. The van der Waals surface area contributed by atoms with E-state index in [0.29, 0.717) is 6.04 Å². The fourth-order valence-corrected chi connectivity index (χ4v) is 3.47. The Morgan fingerprint density at radius 3 is 3.06 bits per heavy atom. The van der Waals surface area contributed by atoms with Crippen LogP contribution < -0.4 is 5.32 Å². The molecule has 0 radical (unpaired) electrons. The van der Waals surface area contributed by atoms with Gasteiger partial charge in [-0.15, -0.1) is 0 Å². The quantitative estimate of drug-likeness (QED) is 0.792. The summed E-state index contributed by atoms with van der Waals surface area (Å²) in [5, 5.41) is 5.13. The lowest BCUT2D eigenvalue weighted by atomic mass is 10.3. The first-order valence-corrected chi connectivity index (χ1v) is 7.56. The average Bonchev–Trinajstić information content (AvgIpc) is 2.70. The van der Waals surface area contributed by atoms with Crippen molar-refractivity contribution < 1.29 is 0 Å². The molecule has 2 rings (SSSR count). The monoisotopic (exact) mass is 366 g/mol. The molecular formula is C11H12ClIN2S. The van der Waals surface area contributed by atoms with Crippen LogP contribution >= 0.6 is 46.0 Å². The van der Waals surface area contributed by atoms with Gasteiger partial charge < -0.3 is 5.32 Å². The molecule has 0 aliphatic carbocycles. The third-order valence-corrected chi connectivity index (χ3v) is 4.52. The molecule has 0 spiro atoms. The van der Waals surface area contributed by atoms with Crippen LogP contribution in [-0.4, -0.2) is 17.0 Å². The summed E-state index contributed by atoms with van der Waals surface area (Å²) >= 11 is 9.97. The number of nitrogens with one attached hydrogen (secondary N) is 1. The van der Waals surface area contributed by atoms with E-state index in [1.54, 1.807) is 11.8 Å². The van der Waals surface area contributed by atoms with Crippen molar-refractivity contribution in [1.82, 2.24) is 0 Å². The molecule has 16 heavy (non-hydrogen) atoms. The standard InChI is InChI=1S/C11H12ClIN2S/c1-2-8-6-16-11(14-8)15-10-4-3-7(12)5-9(10)13/h3-5,8H,2,6H2,1H3,(H,14,15). The van der Waals surface area contributed by atoms with Gasteiger partial charge in [0.15, 0.2) is 5.17 Å². The third kappa shape index (κ3) is 3.05. The minimum absolute atomic E-state index is 0.470. The van der Waals surface area contributed by atoms with Crippen LogP contribution in [0.2, 0.25) is 5.02 Å². The van der Waals surface area contributed by atoms with Gasteiger partial charge in [-0.05, 0) is 47.2 Å². The van der Waals surface area contributed by atoms with E-state index >= 15 is 0 Å². The average molecular weight is 367 g/mol. The zero-order chi connectivity index (χ0) is 11.5. The van der Waals surface area contributed by atoms with Crippen molar-refractivity contribution in [2.75, 3.05) is 11.1 Å². The fraction of sp³-hybridized carbons (Fsp3) is 0.364. The van der Waals surface area contributed by atoms with E-state index < -0.39 is 0 Å².